The largest absolute Gasteiger partial charge is 0.468 e. The van der Waals surface area contributed by atoms with Gasteiger partial charge in [0, 0.05) is 23.8 Å². The first-order valence-electron chi connectivity index (χ1n) is 9.76. The first-order valence-corrected chi connectivity index (χ1v) is 9.76. The molecule has 0 bridgehead atoms. The summed E-state index contributed by atoms with van der Waals surface area (Å²) in [4.78, 5) is 26.4. The van der Waals surface area contributed by atoms with E-state index in [-0.39, 0.29) is 23.9 Å². The summed E-state index contributed by atoms with van der Waals surface area (Å²) in [5, 5.41) is 8.59. The van der Waals surface area contributed by atoms with Gasteiger partial charge in [0.15, 0.2) is 0 Å². The molecule has 1 saturated heterocycles. The van der Waals surface area contributed by atoms with Gasteiger partial charge in [-0.15, -0.1) is 0 Å². The van der Waals surface area contributed by atoms with Crippen LogP contribution in [0.5, 0.6) is 0 Å². The minimum atomic E-state index is -0.269. The van der Waals surface area contributed by atoms with Crippen molar-refractivity contribution in [3.8, 4) is 0 Å². The van der Waals surface area contributed by atoms with Crippen molar-refractivity contribution in [3.05, 3.63) is 48.4 Å². The summed E-state index contributed by atoms with van der Waals surface area (Å²) in [6.07, 6.45) is 4.00. The second-order valence-electron chi connectivity index (χ2n) is 7.33. The van der Waals surface area contributed by atoms with E-state index in [0.717, 1.165) is 18.8 Å². The van der Waals surface area contributed by atoms with Gasteiger partial charge in [-0.3, -0.25) is 9.69 Å². The number of furan rings is 1. The molecular weight excluding hydrogens is 356 g/mol. The fraction of sp³-hybridized carbons (Fsp3) is 0.429. The van der Waals surface area contributed by atoms with Crippen LogP contribution in [0.15, 0.2) is 47.1 Å². The third-order valence-electron chi connectivity index (χ3n) is 4.84. The highest BCUT2D eigenvalue weighted by Crippen LogP contribution is 2.25. The Kier molecular flexibility index (Phi) is 6.71. The predicted molar refractivity (Wildman–Crippen MR) is 109 cm³/mol. The summed E-state index contributed by atoms with van der Waals surface area (Å²) in [5.74, 6) is 0.748. The third-order valence-corrected chi connectivity index (χ3v) is 4.84. The zero-order chi connectivity index (χ0) is 19.9. The van der Waals surface area contributed by atoms with Crippen LogP contribution >= 0.6 is 0 Å². The van der Waals surface area contributed by atoms with Gasteiger partial charge >= 0.3 is 6.03 Å². The first kappa shape index (κ1) is 19.9. The number of hydrogen-bond donors (Lipinski definition) is 3. The number of nitrogens with one attached hydrogen (secondary N) is 3. The molecule has 0 aliphatic carbocycles. The van der Waals surface area contributed by atoms with E-state index in [2.05, 4.69) is 20.9 Å². The van der Waals surface area contributed by atoms with E-state index in [1.54, 1.807) is 30.5 Å². The van der Waals surface area contributed by atoms with Crippen molar-refractivity contribution in [3.63, 3.8) is 0 Å². The number of hydrogen-bond acceptors (Lipinski definition) is 4. The van der Waals surface area contributed by atoms with Crippen LogP contribution in [0.4, 0.5) is 16.2 Å². The molecule has 1 unspecified atom stereocenters. The summed E-state index contributed by atoms with van der Waals surface area (Å²) in [6.45, 7) is 6.18. The number of benzene rings is 1. The lowest BCUT2D eigenvalue weighted by Gasteiger charge is -2.26. The Balaban J connectivity index is 1.52. The Morgan fingerprint density at radius 2 is 1.68 bits per heavy atom. The molecular formula is C21H28N4O3. The zero-order valence-corrected chi connectivity index (χ0v) is 16.4. The zero-order valence-electron chi connectivity index (χ0n) is 16.4. The molecule has 3 N–H and O–H groups in total. The highest BCUT2D eigenvalue weighted by atomic mass is 16.3. The number of anilines is 2. The highest BCUT2D eigenvalue weighted by molar-refractivity contribution is 5.93. The lowest BCUT2D eigenvalue weighted by Crippen LogP contribution is -2.38. The van der Waals surface area contributed by atoms with Gasteiger partial charge < -0.3 is 20.4 Å². The van der Waals surface area contributed by atoms with Crippen LogP contribution < -0.4 is 16.0 Å². The topological polar surface area (TPSA) is 86.6 Å². The fourth-order valence-corrected chi connectivity index (χ4v) is 3.23. The second kappa shape index (κ2) is 9.41. The summed E-state index contributed by atoms with van der Waals surface area (Å²) in [7, 11) is 0. The number of amides is 3. The number of carbonyl (C=O) groups is 2. The monoisotopic (exact) mass is 384 g/mol. The van der Waals surface area contributed by atoms with Crippen molar-refractivity contribution in [1.29, 1.82) is 0 Å². The van der Waals surface area contributed by atoms with Gasteiger partial charge in [-0.05, 0) is 62.3 Å². The van der Waals surface area contributed by atoms with Gasteiger partial charge in [0.1, 0.15) is 5.76 Å². The summed E-state index contributed by atoms with van der Waals surface area (Å²) >= 11 is 0. The molecule has 1 aromatic heterocycles. The predicted octanol–water partition coefficient (Wildman–Crippen LogP) is 3.83. The Bertz CT molecular complexity index is 765. The van der Waals surface area contributed by atoms with Crippen molar-refractivity contribution in [2.24, 2.45) is 5.92 Å². The van der Waals surface area contributed by atoms with Gasteiger partial charge in [-0.25, -0.2) is 4.79 Å². The van der Waals surface area contributed by atoms with E-state index in [1.165, 1.54) is 12.8 Å². The molecule has 1 atom stereocenters. The van der Waals surface area contributed by atoms with Crippen LogP contribution in [-0.2, 0) is 4.79 Å². The smallest absolute Gasteiger partial charge is 0.319 e. The molecule has 1 aliphatic heterocycles. The lowest BCUT2D eigenvalue weighted by atomic mass is 10.2. The van der Waals surface area contributed by atoms with Crippen LogP contribution in [0.25, 0.3) is 0 Å². The Labute approximate surface area is 165 Å². The highest BCUT2D eigenvalue weighted by Gasteiger charge is 2.25. The lowest BCUT2D eigenvalue weighted by molar-refractivity contribution is -0.118. The Morgan fingerprint density at radius 1 is 1.04 bits per heavy atom. The molecule has 3 rings (SSSR count). The second-order valence-corrected chi connectivity index (χ2v) is 7.33. The number of urea groups is 1. The summed E-state index contributed by atoms with van der Waals surface area (Å²) in [5.41, 5.74) is 1.37. The Hall–Kier alpha value is -2.80. The quantitative estimate of drug-likeness (QED) is 0.677. The molecule has 1 aromatic carbocycles. The van der Waals surface area contributed by atoms with Gasteiger partial charge in [-0.1, -0.05) is 13.8 Å². The maximum atomic E-state index is 12.3. The van der Waals surface area contributed by atoms with E-state index in [4.69, 9.17) is 4.42 Å². The number of nitrogens with zero attached hydrogens (tertiary/aromatic N) is 1. The van der Waals surface area contributed by atoms with Crippen molar-refractivity contribution in [2.75, 3.05) is 30.3 Å². The van der Waals surface area contributed by atoms with Crippen molar-refractivity contribution in [1.82, 2.24) is 10.2 Å². The average molecular weight is 384 g/mol. The molecule has 1 aliphatic rings. The fourth-order valence-electron chi connectivity index (χ4n) is 3.23. The number of likely N-dealkylation sites (tertiary alicyclic amines) is 1. The number of carbonyl (C=O) groups excluding carboxylic acids is 2. The molecule has 0 spiro atoms. The first-order chi connectivity index (χ1) is 13.5. The van der Waals surface area contributed by atoms with Gasteiger partial charge in [0.25, 0.3) is 0 Å². The van der Waals surface area contributed by atoms with Crippen LogP contribution in [0, 0.1) is 5.92 Å². The average Bonchev–Trinajstić information content (AvgIpc) is 3.38. The SMILES string of the molecule is CC(C)C(=O)Nc1ccc(NC(=O)NCC(c2ccco2)N2CCCC2)cc1. The summed E-state index contributed by atoms with van der Waals surface area (Å²) < 4.78 is 5.57. The molecule has 150 valence electrons. The minimum absolute atomic E-state index is 0.0377. The molecule has 3 amide bonds. The summed E-state index contributed by atoms with van der Waals surface area (Å²) in [6, 6.07) is 10.7. The van der Waals surface area contributed by atoms with Gasteiger partial charge in [-0.2, -0.15) is 0 Å². The van der Waals surface area contributed by atoms with E-state index < -0.39 is 0 Å². The van der Waals surface area contributed by atoms with Gasteiger partial charge in [0.05, 0.1) is 12.3 Å². The van der Waals surface area contributed by atoms with Crippen LogP contribution in [-0.4, -0.2) is 36.5 Å². The van der Waals surface area contributed by atoms with Crippen molar-refractivity contribution >= 4 is 23.3 Å². The minimum Gasteiger partial charge on any atom is -0.468 e. The molecule has 1 fully saturated rings. The van der Waals surface area contributed by atoms with Gasteiger partial charge in [0.2, 0.25) is 5.91 Å². The maximum Gasteiger partial charge on any atom is 0.319 e. The molecule has 7 nitrogen and oxygen atoms in total. The molecule has 2 aromatic rings. The molecule has 28 heavy (non-hydrogen) atoms. The van der Waals surface area contributed by atoms with Crippen molar-refractivity contribution < 1.29 is 14.0 Å². The molecule has 0 radical (unpaired) electrons. The third kappa shape index (κ3) is 5.36. The molecule has 2 heterocycles. The standard InChI is InChI=1S/C21H28N4O3/c1-15(2)20(26)23-16-7-9-17(10-8-16)24-21(27)22-14-18(19-6-5-13-28-19)25-11-3-4-12-25/h5-10,13,15,18H,3-4,11-12,14H2,1-2H3,(H,23,26)(H2,22,24,27). The van der Waals surface area contributed by atoms with Crippen LogP contribution in [0.3, 0.4) is 0 Å². The number of rotatable bonds is 7. The Morgan fingerprint density at radius 3 is 2.25 bits per heavy atom. The molecule has 7 heteroatoms. The van der Waals surface area contributed by atoms with Crippen LogP contribution in [0.2, 0.25) is 0 Å². The van der Waals surface area contributed by atoms with Crippen molar-refractivity contribution in [2.45, 2.75) is 32.7 Å². The van der Waals surface area contributed by atoms with Crippen LogP contribution in [0.1, 0.15) is 38.5 Å². The van der Waals surface area contributed by atoms with E-state index in [1.807, 2.05) is 26.0 Å². The molecule has 0 saturated carbocycles. The van der Waals surface area contributed by atoms with E-state index in [0.29, 0.717) is 17.9 Å². The van der Waals surface area contributed by atoms with E-state index >= 15 is 0 Å². The van der Waals surface area contributed by atoms with E-state index in [9.17, 15) is 9.59 Å². The normalized spacial score (nSPS) is 15.4. The maximum absolute atomic E-state index is 12.3.